The van der Waals surface area contributed by atoms with E-state index in [1.54, 1.807) is 0 Å². The number of hydrogen-bond donors (Lipinski definition) is 1. The number of nitrogens with zero attached hydrogens (tertiary/aromatic N) is 1. The molecule has 0 amide bonds. The monoisotopic (exact) mass is 178 g/mol. The summed E-state index contributed by atoms with van der Waals surface area (Å²) in [5.41, 5.74) is 0.719. The topological polar surface area (TPSA) is 45.0 Å². The smallest absolute Gasteiger partial charge is 0.0999 e. The van der Waals surface area contributed by atoms with Gasteiger partial charge in [-0.15, -0.1) is 0 Å². The Balaban J connectivity index is 2.17. The first-order valence-electron chi connectivity index (χ1n) is 4.81. The zero-order chi connectivity index (χ0) is 9.15. The fourth-order valence-electron chi connectivity index (χ4n) is 2.06. The van der Waals surface area contributed by atoms with Crippen LogP contribution in [-0.2, 0) is 4.74 Å². The van der Waals surface area contributed by atoms with Crippen LogP contribution in [0, 0.1) is 11.3 Å². The van der Waals surface area contributed by atoms with Gasteiger partial charge < -0.3 is 10.1 Å². The summed E-state index contributed by atoms with van der Waals surface area (Å²) in [5, 5.41) is 12.1. The summed E-state index contributed by atoms with van der Waals surface area (Å²) in [7, 11) is 0. The van der Waals surface area contributed by atoms with Crippen LogP contribution in [0.2, 0.25) is 0 Å². The lowest BCUT2D eigenvalue weighted by Gasteiger charge is -2.37. The lowest BCUT2D eigenvalue weighted by atomic mass is 9.86. The van der Waals surface area contributed by atoms with Crippen molar-refractivity contribution in [3.63, 3.8) is 0 Å². The lowest BCUT2D eigenvalue weighted by Crippen LogP contribution is -2.49. The Labute approximate surface area is 78.4 Å². The van der Waals surface area contributed by atoms with Gasteiger partial charge in [0, 0.05) is 18.7 Å². The molecule has 1 unspecified atom stereocenters. The molecule has 3 nitrogen and oxygen atoms in total. The molecule has 0 saturated carbocycles. The predicted octanol–water partition coefficient (Wildman–Crippen LogP) is 0.979. The second-order valence-electron chi connectivity index (χ2n) is 3.72. The molecule has 1 aliphatic carbocycles. The first kappa shape index (κ1) is 8.74. The van der Waals surface area contributed by atoms with Crippen LogP contribution in [0.3, 0.4) is 0 Å². The first-order chi connectivity index (χ1) is 6.35. The SMILES string of the molecule is N#CC1=CC2(CCC1)CNCCO2. The van der Waals surface area contributed by atoms with Crippen molar-refractivity contribution in [2.24, 2.45) is 0 Å². The van der Waals surface area contributed by atoms with E-state index >= 15 is 0 Å². The minimum Gasteiger partial charge on any atom is -0.368 e. The van der Waals surface area contributed by atoms with Crippen molar-refractivity contribution in [1.82, 2.24) is 5.32 Å². The van der Waals surface area contributed by atoms with Gasteiger partial charge >= 0.3 is 0 Å². The summed E-state index contributed by atoms with van der Waals surface area (Å²) in [4.78, 5) is 0. The zero-order valence-corrected chi connectivity index (χ0v) is 7.68. The van der Waals surface area contributed by atoms with E-state index in [-0.39, 0.29) is 5.60 Å². The number of morpholine rings is 1. The highest BCUT2D eigenvalue weighted by Crippen LogP contribution is 2.30. The standard InChI is InChI=1S/C10H14N2O/c11-7-9-2-1-3-10(6-9)8-12-4-5-13-10/h6,12H,1-5,8H2. The van der Waals surface area contributed by atoms with E-state index in [0.29, 0.717) is 0 Å². The van der Waals surface area contributed by atoms with Crippen molar-refractivity contribution in [3.05, 3.63) is 11.6 Å². The Kier molecular flexibility index (Phi) is 2.34. The Bertz CT molecular complexity index is 259. The molecular weight excluding hydrogens is 164 g/mol. The molecule has 1 spiro atoms. The average Bonchev–Trinajstić information content (AvgIpc) is 2.19. The second-order valence-corrected chi connectivity index (χ2v) is 3.72. The summed E-state index contributed by atoms with van der Waals surface area (Å²) in [5.74, 6) is 0. The van der Waals surface area contributed by atoms with Crippen molar-refractivity contribution in [1.29, 1.82) is 5.26 Å². The number of nitrogens with one attached hydrogen (secondary N) is 1. The number of nitriles is 1. The second kappa shape index (κ2) is 3.49. The Morgan fingerprint density at radius 2 is 2.54 bits per heavy atom. The van der Waals surface area contributed by atoms with E-state index in [2.05, 4.69) is 11.4 Å². The van der Waals surface area contributed by atoms with Crippen LogP contribution >= 0.6 is 0 Å². The molecule has 2 rings (SSSR count). The maximum Gasteiger partial charge on any atom is 0.0999 e. The van der Waals surface area contributed by atoms with E-state index in [1.807, 2.05) is 6.08 Å². The van der Waals surface area contributed by atoms with E-state index in [9.17, 15) is 0 Å². The lowest BCUT2D eigenvalue weighted by molar-refractivity contribution is -0.0400. The largest absolute Gasteiger partial charge is 0.368 e. The van der Waals surface area contributed by atoms with Gasteiger partial charge in [0.1, 0.15) is 0 Å². The molecule has 2 aliphatic rings. The summed E-state index contributed by atoms with van der Waals surface area (Å²) in [6, 6.07) is 2.23. The minimum absolute atomic E-state index is 0.165. The van der Waals surface area contributed by atoms with E-state index in [0.717, 1.165) is 44.5 Å². The summed E-state index contributed by atoms with van der Waals surface area (Å²) in [6.45, 7) is 2.55. The van der Waals surface area contributed by atoms with Gasteiger partial charge in [-0.1, -0.05) is 0 Å². The van der Waals surface area contributed by atoms with Crippen molar-refractivity contribution < 1.29 is 4.74 Å². The third-order valence-corrected chi connectivity index (χ3v) is 2.72. The van der Waals surface area contributed by atoms with Gasteiger partial charge in [-0.25, -0.2) is 0 Å². The van der Waals surface area contributed by atoms with Crippen LogP contribution < -0.4 is 5.32 Å². The normalized spacial score (nSPS) is 33.9. The van der Waals surface area contributed by atoms with Crippen LogP contribution in [0.4, 0.5) is 0 Å². The van der Waals surface area contributed by atoms with Crippen molar-refractivity contribution in [2.75, 3.05) is 19.7 Å². The summed E-state index contributed by atoms with van der Waals surface area (Å²) >= 11 is 0. The molecule has 70 valence electrons. The first-order valence-corrected chi connectivity index (χ1v) is 4.81. The molecule has 3 heteroatoms. The molecule has 0 radical (unpaired) electrons. The molecule has 13 heavy (non-hydrogen) atoms. The minimum atomic E-state index is -0.165. The van der Waals surface area contributed by atoms with E-state index < -0.39 is 0 Å². The Morgan fingerprint density at radius 3 is 3.23 bits per heavy atom. The number of ether oxygens (including phenoxy) is 1. The Hall–Kier alpha value is -0.850. The predicted molar refractivity (Wildman–Crippen MR) is 49.1 cm³/mol. The number of rotatable bonds is 0. The molecule has 1 heterocycles. The van der Waals surface area contributed by atoms with Gasteiger partial charge in [-0.05, 0) is 25.3 Å². The van der Waals surface area contributed by atoms with E-state index in [1.165, 1.54) is 0 Å². The molecule has 0 aromatic carbocycles. The average molecular weight is 178 g/mol. The summed E-state index contributed by atoms with van der Waals surface area (Å²) < 4.78 is 5.75. The van der Waals surface area contributed by atoms with Crippen LogP contribution in [0.1, 0.15) is 19.3 Å². The van der Waals surface area contributed by atoms with Gasteiger partial charge in [0.05, 0.1) is 18.3 Å². The third kappa shape index (κ3) is 1.74. The maximum atomic E-state index is 8.81. The van der Waals surface area contributed by atoms with Gasteiger partial charge in [-0.2, -0.15) is 5.26 Å². The quantitative estimate of drug-likeness (QED) is 0.601. The van der Waals surface area contributed by atoms with Gasteiger partial charge in [0.25, 0.3) is 0 Å². The number of hydrogen-bond acceptors (Lipinski definition) is 3. The Morgan fingerprint density at radius 1 is 1.62 bits per heavy atom. The maximum absolute atomic E-state index is 8.81. The highest BCUT2D eigenvalue weighted by atomic mass is 16.5. The zero-order valence-electron chi connectivity index (χ0n) is 7.68. The van der Waals surface area contributed by atoms with Crippen LogP contribution in [0.25, 0.3) is 0 Å². The highest BCUT2D eigenvalue weighted by Gasteiger charge is 2.33. The van der Waals surface area contributed by atoms with Crippen molar-refractivity contribution in [3.8, 4) is 6.07 Å². The van der Waals surface area contributed by atoms with Crippen LogP contribution in [0.5, 0.6) is 0 Å². The van der Waals surface area contributed by atoms with Crippen molar-refractivity contribution >= 4 is 0 Å². The molecule has 0 aromatic rings. The molecule has 1 aliphatic heterocycles. The van der Waals surface area contributed by atoms with E-state index in [4.69, 9.17) is 10.00 Å². The molecule has 1 atom stereocenters. The van der Waals surface area contributed by atoms with Crippen LogP contribution in [0.15, 0.2) is 11.6 Å². The van der Waals surface area contributed by atoms with Gasteiger partial charge in [0.2, 0.25) is 0 Å². The molecule has 0 aromatic heterocycles. The highest BCUT2D eigenvalue weighted by molar-refractivity contribution is 5.28. The molecular formula is C10H14N2O. The fraction of sp³-hybridized carbons (Fsp3) is 0.700. The fourth-order valence-corrected chi connectivity index (χ4v) is 2.06. The van der Waals surface area contributed by atoms with Crippen molar-refractivity contribution in [2.45, 2.75) is 24.9 Å². The van der Waals surface area contributed by atoms with Gasteiger partial charge in [0.15, 0.2) is 0 Å². The molecule has 0 bridgehead atoms. The summed E-state index contributed by atoms with van der Waals surface area (Å²) in [6.07, 6.45) is 5.05. The van der Waals surface area contributed by atoms with Gasteiger partial charge in [-0.3, -0.25) is 0 Å². The molecule has 1 saturated heterocycles. The molecule has 1 fully saturated rings. The molecule has 1 N–H and O–H groups in total. The van der Waals surface area contributed by atoms with Crippen LogP contribution in [-0.4, -0.2) is 25.3 Å². The number of allylic oxidation sites excluding steroid dienone is 1. The third-order valence-electron chi connectivity index (χ3n) is 2.72.